The van der Waals surface area contributed by atoms with Crippen molar-refractivity contribution in [3.05, 3.63) is 0 Å². The fourth-order valence-electron chi connectivity index (χ4n) is 2.95. The Morgan fingerprint density at radius 2 is 1.44 bits per heavy atom. The Balaban J connectivity index is 0.00000137. The Hall–Kier alpha value is -0.0800. The van der Waals surface area contributed by atoms with Gasteiger partial charge in [-0.1, -0.05) is 54.9 Å². The lowest BCUT2D eigenvalue weighted by Crippen LogP contribution is -2.47. The first-order valence-corrected chi connectivity index (χ1v) is 7.78. The lowest BCUT2D eigenvalue weighted by molar-refractivity contribution is 0.111. The SMILES string of the molecule is CC.CCC(C)(C)CC(C)(C)CN1CCNCC1. The molecule has 1 saturated heterocycles. The number of hydrogen-bond donors (Lipinski definition) is 1. The van der Waals surface area contributed by atoms with Crippen molar-refractivity contribution in [2.45, 2.75) is 61.3 Å². The molecule has 2 heteroatoms. The van der Waals surface area contributed by atoms with E-state index in [0.29, 0.717) is 10.8 Å². The van der Waals surface area contributed by atoms with Gasteiger partial charge in [0.05, 0.1) is 0 Å². The minimum absolute atomic E-state index is 0.441. The molecule has 0 atom stereocenters. The Morgan fingerprint density at radius 1 is 0.944 bits per heavy atom. The van der Waals surface area contributed by atoms with Crippen molar-refractivity contribution in [3.8, 4) is 0 Å². The van der Waals surface area contributed by atoms with Gasteiger partial charge in [-0.2, -0.15) is 0 Å². The number of nitrogens with zero attached hydrogens (tertiary/aromatic N) is 1. The van der Waals surface area contributed by atoms with E-state index >= 15 is 0 Å². The normalized spacial score (nSPS) is 18.2. The molecule has 1 rings (SSSR count). The van der Waals surface area contributed by atoms with Crippen LogP contribution in [0.5, 0.6) is 0 Å². The van der Waals surface area contributed by atoms with Crippen molar-refractivity contribution in [2.24, 2.45) is 10.8 Å². The molecule has 1 heterocycles. The lowest BCUT2D eigenvalue weighted by Gasteiger charge is -2.39. The van der Waals surface area contributed by atoms with Crippen LogP contribution in [0.2, 0.25) is 0 Å². The van der Waals surface area contributed by atoms with Crippen LogP contribution in [-0.2, 0) is 0 Å². The van der Waals surface area contributed by atoms with Crippen LogP contribution in [0.3, 0.4) is 0 Å². The fraction of sp³-hybridized carbons (Fsp3) is 1.00. The van der Waals surface area contributed by atoms with E-state index in [9.17, 15) is 0 Å². The molecule has 1 aliphatic rings. The smallest absolute Gasteiger partial charge is 0.0108 e. The minimum atomic E-state index is 0.441. The molecule has 0 aromatic rings. The quantitative estimate of drug-likeness (QED) is 0.805. The monoisotopic (exact) mass is 256 g/mol. The minimum Gasteiger partial charge on any atom is -0.314 e. The van der Waals surface area contributed by atoms with Gasteiger partial charge in [-0.3, -0.25) is 0 Å². The van der Waals surface area contributed by atoms with E-state index in [-0.39, 0.29) is 0 Å². The highest BCUT2D eigenvalue weighted by Gasteiger charge is 2.29. The summed E-state index contributed by atoms with van der Waals surface area (Å²) in [5.41, 5.74) is 0.925. The summed E-state index contributed by atoms with van der Waals surface area (Å²) in [5.74, 6) is 0. The summed E-state index contributed by atoms with van der Waals surface area (Å²) >= 11 is 0. The van der Waals surface area contributed by atoms with Crippen molar-refractivity contribution in [3.63, 3.8) is 0 Å². The molecule has 0 amide bonds. The van der Waals surface area contributed by atoms with Crippen LogP contribution in [-0.4, -0.2) is 37.6 Å². The van der Waals surface area contributed by atoms with Gasteiger partial charge >= 0.3 is 0 Å². The maximum Gasteiger partial charge on any atom is 0.0108 e. The van der Waals surface area contributed by atoms with E-state index in [4.69, 9.17) is 0 Å². The van der Waals surface area contributed by atoms with Gasteiger partial charge in [-0.15, -0.1) is 0 Å². The molecular weight excluding hydrogens is 220 g/mol. The van der Waals surface area contributed by atoms with Crippen LogP contribution in [0.15, 0.2) is 0 Å². The number of hydrogen-bond acceptors (Lipinski definition) is 2. The first-order valence-electron chi connectivity index (χ1n) is 7.78. The molecule has 0 aromatic heterocycles. The van der Waals surface area contributed by atoms with Gasteiger partial charge in [-0.25, -0.2) is 0 Å². The zero-order valence-electron chi connectivity index (χ0n) is 13.9. The van der Waals surface area contributed by atoms with Crippen molar-refractivity contribution < 1.29 is 0 Å². The van der Waals surface area contributed by atoms with Crippen LogP contribution in [0, 0.1) is 10.8 Å². The molecule has 1 fully saturated rings. The van der Waals surface area contributed by atoms with Crippen molar-refractivity contribution in [1.29, 1.82) is 0 Å². The van der Waals surface area contributed by atoms with E-state index in [1.165, 1.54) is 32.5 Å². The van der Waals surface area contributed by atoms with Gasteiger partial charge in [0.25, 0.3) is 0 Å². The van der Waals surface area contributed by atoms with Gasteiger partial charge in [0.15, 0.2) is 0 Å². The highest BCUT2D eigenvalue weighted by atomic mass is 15.2. The molecule has 110 valence electrons. The summed E-state index contributed by atoms with van der Waals surface area (Å²) < 4.78 is 0. The highest BCUT2D eigenvalue weighted by molar-refractivity contribution is 4.82. The fourth-order valence-corrected chi connectivity index (χ4v) is 2.95. The van der Waals surface area contributed by atoms with Crippen LogP contribution in [0.25, 0.3) is 0 Å². The average Bonchev–Trinajstić information content (AvgIpc) is 2.31. The van der Waals surface area contributed by atoms with Crippen LogP contribution >= 0.6 is 0 Å². The van der Waals surface area contributed by atoms with Crippen molar-refractivity contribution >= 4 is 0 Å². The predicted molar refractivity (Wildman–Crippen MR) is 83.1 cm³/mol. The largest absolute Gasteiger partial charge is 0.314 e. The highest BCUT2D eigenvalue weighted by Crippen LogP contribution is 2.36. The number of piperazine rings is 1. The zero-order valence-corrected chi connectivity index (χ0v) is 13.9. The number of rotatable bonds is 5. The second kappa shape index (κ2) is 8.16. The average molecular weight is 256 g/mol. The molecule has 0 radical (unpaired) electrons. The van der Waals surface area contributed by atoms with E-state index in [0.717, 1.165) is 13.1 Å². The lowest BCUT2D eigenvalue weighted by atomic mass is 9.73. The standard InChI is InChI=1S/C14H30N2.C2H6/c1-6-13(2,3)11-14(4,5)12-16-9-7-15-8-10-16;1-2/h15H,6-12H2,1-5H3;1-2H3. The summed E-state index contributed by atoms with van der Waals surface area (Å²) in [6, 6.07) is 0. The van der Waals surface area contributed by atoms with Gasteiger partial charge in [-0.05, 0) is 17.3 Å². The summed E-state index contributed by atoms with van der Waals surface area (Å²) in [4.78, 5) is 2.61. The van der Waals surface area contributed by atoms with E-state index in [1.54, 1.807) is 0 Å². The summed E-state index contributed by atoms with van der Waals surface area (Å²) in [6.45, 7) is 21.9. The van der Waals surface area contributed by atoms with E-state index < -0.39 is 0 Å². The Bertz CT molecular complexity index is 203. The van der Waals surface area contributed by atoms with Crippen LogP contribution in [0.1, 0.15) is 61.3 Å². The molecule has 0 bridgehead atoms. The third-order valence-electron chi connectivity index (χ3n) is 3.78. The van der Waals surface area contributed by atoms with E-state index in [1.807, 2.05) is 13.8 Å². The Labute approximate surface area is 116 Å². The molecule has 2 nitrogen and oxygen atoms in total. The first-order chi connectivity index (χ1) is 8.35. The topological polar surface area (TPSA) is 15.3 Å². The van der Waals surface area contributed by atoms with E-state index in [2.05, 4.69) is 44.8 Å². The van der Waals surface area contributed by atoms with Crippen molar-refractivity contribution in [1.82, 2.24) is 10.2 Å². The second-order valence-corrected chi connectivity index (χ2v) is 6.88. The second-order valence-electron chi connectivity index (χ2n) is 6.88. The molecular formula is C16H36N2. The molecule has 1 aliphatic heterocycles. The van der Waals surface area contributed by atoms with Gasteiger partial charge in [0.1, 0.15) is 0 Å². The summed E-state index contributed by atoms with van der Waals surface area (Å²) in [5, 5.41) is 3.42. The number of nitrogens with one attached hydrogen (secondary N) is 1. The van der Waals surface area contributed by atoms with Crippen molar-refractivity contribution in [2.75, 3.05) is 32.7 Å². The third-order valence-corrected chi connectivity index (χ3v) is 3.78. The summed E-state index contributed by atoms with van der Waals surface area (Å²) in [7, 11) is 0. The molecule has 0 spiro atoms. The molecule has 18 heavy (non-hydrogen) atoms. The molecule has 0 aromatic carbocycles. The first kappa shape index (κ1) is 17.9. The van der Waals surface area contributed by atoms with Gasteiger partial charge in [0.2, 0.25) is 0 Å². The maximum absolute atomic E-state index is 3.42. The predicted octanol–water partition coefficient (Wildman–Crippen LogP) is 3.77. The molecule has 0 unspecified atom stereocenters. The van der Waals surface area contributed by atoms with Gasteiger partial charge in [0, 0.05) is 32.7 Å². The Morgan fingerprint density at radius 3 is 1.89 bits per heavy atom. The zero-order chi connectivity index (χ0) is 14.2. The maximum atomic E-state index is 3.42. The van der Waals surface area contributed by atoms with Gasteiger partial charge < -0.3 is 10.2 Å². The summed E-state index contributed by atoms with van der Waals surface area (Å²) in [6.07, 6.45) is 2.60. The molecule has 0 aliphatic carbocycles. The molecule has 1 N–H and O–H groups in total. The van der Waals surface area contributed by atoms with Crippen LogP contribution in [0.4, 0.5) is 0 Å². The third kappa shape index (κ3) is 7.38. The molecule has 0 saturated carbocycles. The Kier molecular flexibility index (Phi) is 8.13. The van der Waals surface area contributed by atoms with Crippen LogP contribution < -0.4 is 5.32 Å².